The molecule has 0 aliphatic rings. The molecule has 0 radical (unpaired) electrons. The number of carbonyl (C=O) groups excluding carboxylic acids is 1. The first kappa shape index (κ1) is 14.2. The molecule has 0 amide bonds. The van der Waals surface area contributed by atoms with Gasteiger partial charge in [-0.1, -0.05) is 25.8 Å². The third kappa shape index (κ3) is 3.30. The third-order valence-corrected chi connectivity index (χ3v) is 2.74. The average Bonchev–Trinajstić information content (AvgIpc) is 2.38. The van der Waals surface area contributed by atoms with E-state index in [0.717, 1.165) is 19.3 Å². The quantitative estimate of drug-likeness (QED) is 0.462. The van der Waals surface area contributed by atoms with E-state index in [2.05, 4.69) is 4.89 Å². The molecule has 2 N–H and O–H groups in total. The van der Waals surface area contributed by atoms with Gasteiger partial charge in [-0.25, -0.2) is 9.59 Å². The van der Waals surface area contributed by atoms with Crippen LogP contribution in [0.1, 0.15) is 52.5 Å². The minimum atomic E-state index is -1.09. The summed E-state index contributed by atoms with van der Waals surface area (Å²) >= 11 is 0. The van der Waals surface area contributed by atoms with Crippen LogP contribution in [0.15, 0.2) is 18.2 Å². The Morgan fingerprint density at radius 1 is 1.22 bits per heavy atom. The second-order valence-corrected chi connectivity index (χ2v) is 3.97. The Morgan fingerprint density at radius 3 is 2.44 bits per heavy atom. The van der Waals surface area contributed by atoms with E-state index in [9.17, 15) is 9.59 Å². The van der Waals surface area contributed by atoms with Gasteiger partial charge in [-0.05, 0) is 30.5 Å². The second-order valence-electron chi connectivity index (χ2n) is 3.97. The van der Waals surface area contributed by atoms with Gasteiger partial charge in [0.1, 0.15) is 0 Å². The number of unbranched alkanes of at least 4 members (excludes halogenated alkanes) is 2. The molecular formula is C13H16O5. The monoisotopic (exact) mass is 252 g/mol. The summed E-state index contributed by atoms with van der Waals surface area (Å²) in [4.78, 5) is 26.2. The zero-order chi connectivity index (χ0) is 13.5. The highest BCUT2D eigenvalue weighted by atomic mass is 17.1. The van der Waals surface area contributed by atoms with Crippen molar-refractivity contribution in [3.8, 4) is 0 Å². The van der Waals surface area contributed by atoms with Crippen LogP contribution in [0, 0.1) is 0 Å². The Bertz CT molecular complexity index is 439. The Labute approximate surface area is 105 Å². The van der Waals surface area contributed by atoms with Gasteiger partial charge in [-0.3, -0.25) is 4.89 Å². The molecule has 0 aliphatic heterocycles. The highest BCUT2D eigenvalue weighted by Crippen LogP contribution is 2.19. The first-order valence-electron chi connectivity index (χ1n) is 5.82. The zero-order valence-electron chi connectivity index (χ0n) is 10.2. The summed E-state index contributed by atoms with van der Waals surface area (Å²) < 4.78 is 0. The fourth-order valence-corrected chi connectivity index (χ4v) is 1.85. The topological polar surface area (TPSA) is 83.8 Å². The van der Waals surface area contributed by atoms with Gasteiger partial charge in [0.15, 0.2) is 0 Å². The summed E-state index contributed by atoms with van der Waals surface area (Å²) in [5, 5.41) is 17.5. The summed E-state index contributed by atoms with van der Waals surface area (Å²) in [7, 11) is 0. The summed E-state index contributed by atoms with van der Waals surface area (Å²) in [6.07, 6.45) is 3.20. The van der Waals surface area contributed by atoms with Crippen molar-refractivity contribution in [2.24, 2.45) is 0 Å². The first-order chi connectivity index (χ1) is 8.61. The molecule has 98 valence electrons. The van der Waals surface area contributed by atoms with Crippen molar-refractivity contribution in [2.75, 3.05) is 0 Å². The van der Waals surface area contributed by atoms with Gasteiger partial charge < -0.3 is 5.11 Å². The van der Waals surface area contributed by atoms with Crippen molar-refractivity contribution in [2.45, 2.75) is 32.6 Å². The molecule has 0 aromatic heterocycles. The predicted molar refractivity (Wildman–Crippen MR) is 64.7 cm³/mol. The molecule has 0 spiro atoms. The summed E-state index contributed by atoms with van der Waals surface area (Å²) in [6.45, 7) is 2.03. The Morgan fingerprint density at radius 2 is 1.89 bits per heavy atom. The highest BCUT2D eigenvalue weighted by molar-refractivity contribution is 5.97. The minimum absolute atomic E-state index is 0.0778. The molecule has 1 aromatic rings. The number of carbonyl (C=O) groups is 2. The lowest BCUT2D eigenvalue weighted by Crippen LogP contribution is -2.11. The third-order valence-electron chi connectivity index (χ3n) is 2.74. The molecule has 0 saturated heterocycles. The van der Waals surface area contributed by atoms with Crippen LogP contribution < -0.4 is 0 Å². The van der Waals surface area contributed by atoms with Gasteiger partial charge in [0.2, 0.25) is 0 Å². The molecule has 5 nitrogen and oxygen atoms in total. The van der Waals surface area contributed by atoms with Crippen molar-refractivity contribution in [1.82, 2.24) is 0 Å². The van der Waals surface area contributed by atoms with Crippen LogP contribution >= 0.6 is 0 Å². The van der Waals surface area contributed by atoms with Gasteiger partial charge in [0.25, 0.3) is 0 Å². The zero-order valence-corrected chi connectivity index (χ0v) is 10.2. The molecule has 1 rings (SSSR count). The molecule has 0 aliphatic carbocycles. The van der Waals surface area contributed by atoms with Gasteiger partial charge in [-0.2, -0.15) is 5.26 Å². The van der Waals surface area contributed by atoms with Crippen molar-refractivity contribution in [3.05, 3.63) is 34.9 Å². The number of carboxylic acids is 1. The van der Waals surface area contributed by atoms with Crippen LogP contribution in [0.2, 0.25) is 0 Å². The van der Waals surface area contributed by atoms with E-state index in [1.165, 1.54) is 18.2 Å². The lowest BCUT2D eigenvalue weighted by molar-refractivity contribution is -0.182. The van der Waals surface area contributed by atoms with E-state index in [0.29, 0.717) is 12.0 Å². The summed E-state index contributed by atoms with van der Waals surface area (Å²) in [5.74, 6) is -2.02. The fourth-order valence-electron chi connectivity index (χ4n) is 1.85. The molecule has 1 aromatic carbocycles. The number of carboxylic acid groups (broad SMARTS) is 1. The van der Waals surface area contributed by atoms with Crippen LogP contribution in [-0.4, -0.2) is 22.3 Å². The highest BCUT2D eigenvalue weighted by Gasteiger charge is 2.19. The predicted octanol–water partition coefficient (Wildman–Crippen LogP) is 2.75. The molecule has 0 heterocycles. The van der Waals surface area contributed by atoms with Gasteiger partial charge in [0.05, 0.1) is 11.1 Å². The Balaban J connectivity index is 3.12. The SMILES string of the molecule is CCCCCc1c(C(=O)O)cccc1C(=O)OO. The maximum atomic E-state index is 11.4. The van der Waals surface area contributed by atoms with E-state index >= 15 is 0 Å². The number of rotatable bonds is 6. The lowest BCUT2D eigenvalue weighted by atomic mass is 9.96. The molecular weight excluding hydrogens is 236 g/mol. The minimum Gasteiger partial charge on any atom is -0.478 e. The average molecular weight is 252 g/mol. The molecule has 18 heavy (non-hydrogen) atoms. The normalized spacial score (nSPS) is 10.1. The molecule has 0 atom stereocenters. The maximum absolute atomic E-state index is 11.4. The smallest absolute Gasteiger partial charge is 0.373 e. The largest absolute Gasteiger partial charge is 0.478 e. The lowest BCUT2D eigenvalue weighted by Gasteiger charge is -2.10. The van der Waals surface area contributed by atoms with Crippen LogP contribution in [0.5, 0.6) is 0 Å². The van der Waals surface area contributed by atoms with Crippen molar-refractivity contribution in [3.63, 3.8) is 0 Å². The van der Waals surface area contributed by atoms with Gasteiger partial charge in [-0.15, -0.1) is 0 Å². The van der Waals surface area contributed by atoms with Crippen molar-refractivity contribution >= 4 is 11.9 Å². The van der Waals surface area contributed by atoms with Crippen LogP contribution in [0.3, 0.4) is 0 Å². The van der Waals surface area contributed by atoms with Crippen LogP contribution in [-0.2, 0) is 11.3 Å². The number of hydrogen-bond acceptors (Lipinski definition) is 4. The van der Waals surface area contributed by atoms with E-state index in [1.54, 1.807) is 0 Å². The standard InChI is InChI=1S/C13H16O5/c1-2-3-4-6-9-10(12(14)15)7-5-8-11(9)13(16)18-17/h5,7-8,17H,2-4,6H2,1H3,(H,14,15). The van der Waals surface area contributed by atoms with Gasteiger partial charge >= 0.3 is 11.9 Å². The molecule has 0 saturated carbocycles. The van der Waals surface area contributed by atoms with Crippen LogP contribution in [0.4, 0.5) is 0 Å². The number of hydrogen-bond donors (Lipinski definition) is 2. The molecule has 0 bridgehead atoms. The van der Waals surface area contributed by atoms with E-state index in [-0.39, 0.29) is 11.1 Å². The van der Waals surface area contributed by atoms with Gasteiger partial charge in [0, 0.05) is 0 Å². The van der Waals surface area contributed by atoms with Crippen molar-refractivity contribution in [1.29, 1.82) is 0 Å². The molecule has 0 fully saturated rings. The van der Waals surface area contributed by atoms with E-state index < -0.39 is 11.9 Å². The Hall–Kier alpha value is -1.88. The summed E-state index contributed by atoms with van der Waals surface area (Å²) in [6, 6.07) is 4.35. The maximum Gasteiger partial charge on any atom is 0.373 e. The van der Waals surface area contributed by atoms with Crippen molar-refractivity contribution < 1.29 is 24.8 Å². The summed E-state index contributed by atoms with van der Waals surface area (Å²) in [5.41, 5.74) is 0.597. The van der Waals surface area contributed by atoms with E-state index in [4.69, 9.17) is 10.4 Å². The first-order valence-corrected chi connectivity index (χ1v) is 5.82. The molecule has 5 heteroatoms. The van der Waals surface area contributed by atoms with Crippen LogP contribution in [0.25, 0.3) is 0 Å². The Kier molecular flexibility index (Phi) is 5.32. The van der Waals surface area contributed by atoms with E-state index in [1.807, 2.05) is 6.92 Å². The fraction of sp³-hybridized carbons (Fsp3) is 0.385. The number of aromatic carboxylic acids is 1. The molecule has 0 unspecified atom stereocenters. The second kappa shape index (κ2) is 6.76. The number of benzene rings is 1.